The molecule has 1 aromatic carbocycles. The van der Waals surface area contributed by atoms with Crippen molar-refractivity contribution < 1.29 is 14.6 Å². The van der Waals surface area contributed by atoms with Crippen molar-refractivity contribution in [2.75, 3.05) is 13.2 Å². The van der Waals surface area contributed by atoms with E-state index in [1.165, 1.54) is 0 Å². The molecule has 1 aromatic heterocycles. The van der Waals surface area contributed by atoms with E-state index >= 15 is 0 Å². The Hall–Kier alpha value is -1.20. The lowest BCUT2D eigenvalue weighted by molar-refractivity contribution is -0.123. The summed E-state index contributed by atoms with van der Waals surface area (Å²) in [5, 5.41) is 11.4. The molecule has 0 bridgehead atoms. The predicted molar refractivity (Wildman–Crippen MR) is 110 cm³/mol. The summed E-state index contributed by atoms with van der Waals surface area (Å²) in [7, 11) is 0. The molecule has 3 atom stereocenters. The molecule has 1 N–H and O–H groups in total. The fourth-order valence-corrected chi connectivity index (χ4v) is 5.71. The van der Waals surface area contributed by atoms with E-state index < -0.39 is 6.10 Å². The van der Waals surface area contributed by atoms with Crippen LogP contribution in [-0.4, -0.2) is 30.2 Å². The quantitative estimate of drug-likeness (QED) is 0.759. The molecule has 2 heterocycles. The van der Waals surface area contributed by atoms with Crippen molar-refractivity contribution in [2.24, 2.45) is 11.8 Å². The van der Waals surface area contributed by atoms with E-state index in [4.69, 9.17) is 16.3 Å². The molecule has 5 heteroatoms. The second kappa shape index (κ2) is 8.04. The van der Waals surface area contributed by atoms with Crippen LogP contribution < -0.4 is 0 Å². The highest BCUT2D eigenvalue weighted by Gasteiger charge is 2.43. The Bertz CT molecular complexity index is 807. The first-order chi connectivity index (χ1) is 13.0. The minimum Gasteiger partial charge on any atom is -0.392 e. The Labute approximate surface area is 169 Å². The summed E-state index contributed by atoms with van der Waals surface area (Å²) in [4.78, 5) is 15.4. The van der Waals surface area contributed by atoms with Gasteiger partial charge in [0.2, 0.25) is 0 Å². The summed E-state index contributed by atoms with van der Waals surface area (Å²) in [6.45, 7) is 3.64. The molecule has 2 aromatic rings. The van der Waals surface area contributed by atoms with Gasteiger partial charge >= 0.3 is 0 Å². The Morgan fingerprint density at radius 1 is 1.22 bits per heavy atom. The SMILES string of the molecule is Cc1sc(-c2ccc(Cl)cc2)cc1C1C(=O)C(CC2CCOCC2)CC1O. The van der Waals surface area contributed by atoms with Gasteiger partial charge in [-0.2, -0.15) is 0 Å². The molecule has 27 heavy (non-hydrogen) atoms. The van der Waals surface area contributed by atoms with Gasteiger partial charge in [-0.1, -0.05) is 23.7 Å². The van der Waals surface area contributed by atoms with Crippen molar-refractivity contribution in [3.63, 3.8) is 0 Å². The molecule has 3 unspecified atom stereocenters. The topological polar surface area (TPSA) is 46.5 Å². The van der Waals surface area contributed by atoms with Crippen LogP contribution in [0.5, 0.6) is 0 Å². The zero-order valence-corrected chi connectivity index (χ0v) is 17.1. The third-order valence-electron chi connectivity index (χ3n) is 6.00. The highest BCUT2D eigenvalue weighted by Crippen LogP contribution is 2.44. The van der Waals surface area contributed by atoms with E-state index in [1.54, 1.807) is 11.3 Å². The number of hydrogen-bond donors (Lipinski definition) is 1. The van der Waals surface area contributed by atoms with Gasteiger partial charge in [-0.3, -0.25) is 4.79 Å². The van der Waals surface area contributed by atoms with Crippen molar-refractivity contribution in [3.05, 3.63) is 45.8 Å². The van der Waals surface area contributed by atoms with Gasteiger partial charge in [0.05, 0.1) is 12.0 Å². The zero-order valence-electron chi connectivity index (χ0n) is 15.5. The first kappa shape index (κ1) is 19.1. The molecule has 0 amide bonds. The number of aliphatic hydroxyl groups excluding tert-OH is 1. The molecule has 1 saturated carbocycles. The Morgan fingerprint density at radius 2 is 1.93 bits per heavy atom. The van der Waals surface area contributed by atoms with E-state index in [0.717, 1.165) is 53.4 Å². The molecule has 1 aliphatic heterocycles. The van der Waals surface area contributed by atoms with Gasteiger partial charge in [0.1, 0.15) is 5.78 Å². The van der Waals surface area contributed by atoms with Crippen molar-refractivity contribution in [1.82, 2.24) is 0 Å². The average molecular weight is 405 g/mol. The number of thiophene rings is 1. The van der Waals surface area contributed by atoms with Crippen LogP contribution in [0.25, 0.3) is 10.4 Å². The number of carbonyl (C=O) groups is 1. The first-order valence-corrected chi connectivity index (χ1v) is 10.9. The summed E-state index contributed by atoms with van der Waals surface area (Å²) in [6, 6.07) is 9.85. The smallest absolute Gasteiger partial charge is 0.146 e. The Balaban J connectivity index is 1.54. The van der Waals surface area contributed by atoms with E-state index in [-0.39, 0.29) is 17.6 Å². The van der Waals surface area contributed by atoms with Crippen LogP contribution in [0.3, 0.4) is 0 Å². The van der Waals surface area contributed by atoms with E-state index in [0.29, 0.717) is 17.4 Å². The lowest BCUT2D eigenvalue weighted by Gasteiger charge is -2.24. The number of Topliss-reactive ketones (excluding diaryl/α,β-unsaturated/α-hetero) is 1. The standard InChI is InChI=1S/C22H25ClO3S/c1-13-18(12-20(27-13)15-2-4-17(23)5-3-15)21-19(24)11-16(22(21)25)10-14-6-8-26-9-7-14/h2-5,12,14,16,19,21,24H,6-11H2,1H3. The van der Waals surface area contributed by atoms with Gasteiger partial charge in [0.25, 0.3) is 0 Å². The number of rotatable bonds is 4. The molecule has 144 valence electrons. The fourth-order valence-electron chi connectivity index (χ4n) is 4.51. The van der Waals surface area contributed by atoms with Crippen LogP contribution in [0, 0.1) is 18.8 Å². The summed E-state index contributed by atoms with van der Waals surface area (Å²) >= 11 is 7.67. The second-order valence-corrected chi connectivity index (χ2v) is 9.49. The summed E-state index contributed by atoms with van der Waals surface area (Å²) < 4.78 is 5.43. The average Bonchev–Trinajstić information content (AvgIpc) is 3.16. The van der Waals surface area contributed by atoms with Gasteiger partial charge in [-0.15, -0.1) is 11.3 Å². The number of carbonyl (C=O) groups excluding carboxylic acids is 1. The molecular weight excluding hydrogens is 380 g/mol. The molecule has 2 aliphatic rings. The minimum absolute atomic E-state index is 0.0219. The maximum atomic E-state index is 13.1. The van der Waals surface area contributed by atoms with E-state index in [2.05, 4.69) is 6.07 Å². The zero-order chi connectivity index (χ0) is 19.0. The molecule has 0 radical (unpaired) electrons. The highest BCUT2D eigenvalue weighted by atomic mass is 35.5. The number of halogens is 1. The monoisotopic (exact) mass is 404 g/mol. The van der Waals surface area contributed by atoms with Crippen LogP contribution in [0.1, 0.15) is 42.0 Å². The van der Waals surface area contributed by atoms with Gasteiger partial charge in [-0.25, -0.2) is 0 Å². The molecule has 2 fully saturated rings. The number of benzene rings is 1. The third-order valence-corrected chi connectivity index (χ3v) is 7.37. The number of aryl methyl sites for hydroxylation is 1. The van der Waals surface area contributed by atoms with Crippen LogP contribution >= 0.6 is 22.9 Å². The number of hydrogen-bond acceptors (Lipinski definition) is 4. The van der Waals surface area contributed by atoms with Gasteiger partial charge in [0.15, 0.2) is 0 Å². The van der Waals surface area contributed by atoms with Gasteiger partial charge < -0.3 is 9.84 Å². The lowest BCUT2D eigenvalue weighted by atomic mass is 9.86. The number of ketones is 1. The molecule has 0 spiro atoms. The predicted octanol–water partition coefficient (Wildman–Crippen LogP) is 5.23. The summed E-state index contributed by atoms with van der Waals surface area (Å²) in [6.07, 6.45) is 2.97. The summed E-state index contributed by atoms with van der Waals surface area (Å²) in [5.41, 5.74) is 2.09. The van der Waals surface area contributed by atoms with Crippen LogP contribution in [0.15, 0.2) is 30.3 Å². The minimum atomic E-state index is -0.575. The molecule has 4 rings (SSSR count). The van der Waals surface area contributed by atoms with E-state index in [1.807, 2.05) is 31.2 Å². The fraction of sp³-hybridized carbons (Fsp3) is 0.500. The molecule has 1 saturated heterocycles. The van der Waals surface area contributed by atoms with Crippen molar-refractivity contribution in [2.45, 2.75) is 44.6 Å². The third kappa shape index (κ3) is 4.00. The first-order valence-electron chi connectivity index (χ1n) is 9.68. The summed E-state index contributed by atoms with van der Waals surface area (Å²) in [5.74, 6) is 0.364. The number of ether oxygens (including phenoxy) is 1. The van der Waals surface area contributed by atoms with Gasteiger partial charge in [-0.05, 0) is 67.9 Å². The Morgan fingerprint density at radius 3 is 2.63 bits per heavy atom. The molecular formula is C22H25ClO3S. The van der Waals surface area contributed by atoms with Gasteiger partial charge in [0, 0.05) is 33.9 Å². The van der Waals surface area contributed by atoms with Crippen LogP contribution in [0.4, 0.5) is 0 Å². The molecule has 1 aliphatic carbocycles. The Kier molecular flexibility index (Phi) is 5.70. The normalized spacial score (nSPS) is 26.6. The van der Waals surface area contributed by atoms with Crippen molar-refractivity contribution in [3.8, 4) is 10.4 Å². The lowest BCUT2D eigenvalue weighted by Crippen LogP contribution is -2.22. The van der Waals surface area contributed by atoms with Crippen molar-refractivity contribution >= 4 is 28.7 Å². The van der Waals surface area contributed by atoms with Crippen LogP contribution in [-0.2, 0) is 9.53 Å². The van der Waals surface area contributed by atoms with Crippen LogP contribution in [0.2, 0.25) is 5.02 Å². The largest absolute Gasteiger partial charge is 0.392 e. The van der Waals surface area contributed by atoms with Crippen molar-refractivity contribution in [1.29, 1.82) is 0 Å². The molecule has 3 nitrogen and oxygen atoms in total. The highest BCUT2D eigenvalue weighted by molar-refractivity contribution is 7.15. The second-order valence-electron chi connectivity index (χ2n) is 7.80. The maximum absolute atomic E-state index is 13.1. The number of aliphatic hydroxyl groups is 1. The maximum Gasteiger partial charge on any atom is 0.146 e. The van der Waals surface area contributed by atoms with E-state index in [9.17, 15) is 9.90 Å².